The van der Waals surface area contributed by atoms with Gasteiger partial charge in [-0.2, -0.15) is 0 Å². The van der Waals surface area contributed by atoms with Crippen LogP contribution in [0.15, 0.2) is 47.2 Å². The summed E-state index contributed by atoms with van der Waals surface area (Å²) >= 11 is 0. The minimum absolute atomic E-state index is 0.119. The maximum Gasteiger partial charge on any atom is 0.333 e. The van der Waals surface area contributed by atoms with E-state index in [2.05, 4.69) is 13.2 Å². The molecule has 8 nitrogen and oxygen atoms in total. The van der Waals surface area contributed by atoms with Crippen molar-refractivity contribution in [2.75, 3.05) is 13.2 Å². The predicted octanol–water partition coefficient (Wildman–Crippen LogP) is 0.816. The Balaban J connectivity index is 1.93. The quantitative estimate of drug-likeness (QED) is 0.526. The second kappa shape index (κ2) is 7.32. The van der Waals surface area contributed by atoms with Gasteiger partial charge in [-0.05, 0) is 13.8 Å². The van der Waals surface area contributed by atoms with E-state index in [-0.39, 0.29) is 19.3 Å². The molecule has 0 spiro atoms. The van der Waals surface area contributed by atoms with E-state index in [1.54, 1.807) is 6.08 Å². The van der Waals surface area contributed by atoms with Crippen LogP contribution < -0.4 is 11.2 Å². The molecule has 1 aromatic heterocycles. The van der Waals surface area contributed by atoms with Gasteiger partial charge in [0.2, 0.25) is 0 Å². The van der Waals surface area contributed by atoms with Gasteiger partial charge in [0, 0.05) is 18.8 Å². The number of rotatable bonds is 7. The van der Waals surface area contributed by atoms with Crippen molar-refractivity contribution < 1.29 is 18.9 Å². The Morgan fingerprint density at radius 1 is 1.23 bits per heavy atom. The van der Waals surface area contributed by atoms with Crippen molar-refractivity contribution >= 4 is 0 Å². The van der Waals surface area contributed by atoms with Crippen molar-refractivity contribution in [3.8, 4) is 0 Å². The topological polar surface area (TPSA) is 80.9 Å². The van der Waals surface area contributed by atoms with E-state index in [0.29, 0.717) is 6.61 Å². The SMILES string of the molecule is C=CCOC[C@H]1O[C@@H](n2ccc(=O)n(CC=C)c2=O)[C@@H]2OC(C)(C)O[C@@H]21. The Morgan fingerprint density at radius 3 is 2.65 bits per heavy atom. The lowest BCUT2D eigenvalue weighted by molar-refractivity contribution is -0.202. The predicted molar refractivity (Wildman–Crippen MR) is 93.9 cm³/mol. The lowest BCUT2D eigenvalue weighted by Gasteiger charge is -2.25. The molecule has 4 atom stereocenters. The van der Waals surface area contributed by atoms with Gasteiger partial charge in [0.05, 0.1) is 13.2 Å². The summed E-state index contributed by atoms with van der Waals surface area (Å²) < 4.78 is 25.9. The third-order valence-electron chi connectivity index (χ3n) is 4.32. The van der Waals surface area contributed by atoms with E-state index >= 15 is 0 Å². The lowest BCUT2D eigenvalue weighted by atomic mass is 10.1. The van der Waals surface area contributed by atoms with Crippen molar-refractivity contribution in [3.05, 3.63) is 58.4 Å². The molecule has 142 valence electrons. The fraction of sp³-hybridized carbons (Fsp3) is 0.556. The number of nitrogens with zero attached hydrogens (tertiary/aromatic N) is 2. The van der Waals surface area contributed by atoms with Gasteiger partial charge < -0.3 is 18.9 Å². The monoisotopic (exact) mass is 364 g/mol. The largest absolute Gasteiger partial charge is 0.375 e. The molecule has 2 aliphatic rings. The molecule has 3 heterocycles. The fourth-order valence-electron chi connectivity index (χ4n) is 3.31. The minimum atomic E-state index is -0.798. The normalized spacial score (nSPS) is 29.5. The second-order valence-corrected chi connectivity index (χ2v) is 6.70. The molecule has 0 aliphatic carbocycles. The van der Waals surface area contributed by atoms with E-state index in [1.807, 2.05) is 13.8 Å². The van der Waals surface area contributed by atoms with Crippen molar-refractivity contribution in [3.63, 3.8) is 0 Å². The van der Waals surface area contributed by atoms with Gasteiger partial charge in [0.15, 0.2) is 12.0 Å². The Morgan fingerprint density at radius 2 is 1.96 bits per heavy atom. The van der Waals surface area contributed by atoms with Gasteiger partial charge in [-0.1, -0.05) is 12.2 Å². The molecule has 8 heteroatoms. The van der Waals surface area contributed by atoms with Crippen LogP contribution in [0.4, 0.5) is 0 Å². The summed E-state index contributed by atoms with van der Waals surface area (Å²) in [5.74, 6) is -0.798. The molecule has 3 rings (SSSR count). The molecule has 0 N–H and O–H groups in total. The first-order valence-corrected chi connectivity index (χ1v) is 8.50. The molecule has 0 saturated carbocycles. The molecular formula is C18H24N2O6. The summed E-state index contributed by atoms with van der Waals surface area (Å²) in [4.78, 5) is 24.7. The van der Waals surface area contributed by atoms with E-state index in [1.165, 1.54) is 22.9 Å². The fourth-order valence-corrected chi connectivity index (χ4v) is 3.31. The van der Waals surface area contributed by atoms with Crippen molar-refractivity contribution in [1.82, 2.24) is 9.13 Å². The van der Waals surface area contributed by atoms with Gasteiger partial charge >= 0.3 is 5.69 Å². The maximum absolute atomic E-state index is 12.7. The Labute approximate surface area is 151 Å². The number of hydrogen-bond acceptors (Lipinski definition) is 6. The van der Waals surface area contributed by atoms with E-state index in [9.17, 15) is 9.59 Å². The molecule has 0 aromatic carbocycles. The molecule has 2 saturated heterocycles. The zero-order chi connectivity index (χ0) is 18.9. The van der Waals surface area contributed by atoms with Gasteiger partial charge in [0.25, 0.3) is 5.56 Å². The Hall–Kier alpha value is -2.00. The van der Waals surface area contributed by atoms with Gasteiger partial charge in [0.1, 0.15) is 18.3 Å². The second-order valence-electron chi connectivity index (χ2n) is 6.70. The van der Waals surface area contributed by atoms with Gasteiger partial charge in [-0.15, -0.1) is 13.2 Å². The number of aromatic nitrogens is 2. The number of hydrogen-bond donors (Lipinski definition) is 0. The van der Waals surface area contributed by atoms with Crippen LogP contribution >= 0.6 is 0 Å². The van der Waals surface area contributed by atoms with Crippen LogP contribution in [-0.4, -0.2) is 46.4 Å². The number of ether oxygens (including phenoxy) is 4. The third kappa shape index (κ3) is 3.45. The molecular weight excluding hydrogens is 340 g/mol. The van der Waals surface area contributed by atoms with Crippen LogP contribution in [0.2, 0.25) is 0 Å². The summed E-state index contributed by atoms with van der Waals surface area (Å²) in [6.07, 6.45) is 2.57. The van der Waals surface area contributed by atoms with Crippen LogP contribution in [0, 0.1) is 0 Å². The van der Waals surface area contributed by atoms with Gasteiger partial charge in [-0.25, -0.2) is 4.79 Å². The minimum Gasteiger partial charge on any atom is -0.375 e. The lowest BCUT2D eigenvalue weighted by Crippen LogP contribution is -2.42. The maximum atomic E-state index is 12.7. The third-order valence-corrected chi connectivity index (χ3v) is 4.32. The molecule has 2 fully saturated rings. The molecule has 0 bridgehead atoms. The number of fused-ring (bicyclic) bond motifs is 1. The van der Waals surface area contributed by atoms with Crippen LogP contribution in [0.5, 0.6) is 0 Å². The summed E-state index contributed by atoms with van der Waals surface area (Å²) in [5.41, 5.74) is -0.877. The number of allylic oxidation sites excluding steroid dienone is 1. The van der Waals surface area contributed by atoms with Crippen LogP contribution in [0.25, 0.3) is 0 Å². The van der Waals surface area contributed by atoms with E-state index < -0.39 is 35.5 Å². The van der Waals surface area contributed by atoms with Crippen molar-refractivity contribution in [2.24, 2.45) is 0 Å². The summed E-state index contributed by atoms with van der Waals surface area (Å²) in [7, 11) is 0. The first-order valence-electron chi connectivity index (χ1n) is 8.50. The van der Waals surface area contributed by atoms with Crippen LogP contribution in [-0.2, 0) is 25.5 Å². The van der Waals surface area contributed by atoms with Crippen LogP contribution in [0.1, 0.15) is 20.1 Å². The smallest absolute Gasteiger partial charge is 0.333 e. The highest BCUT2D eigenvalue weighted by Gasteiger charge is 2.56. The average Bonchev–Trinajstić information content (AvgIpc) is 3.06. The Bertz CT molecular complexity index is 796. The standard InChI is InChI=1S/C18H24N2O6/c1-5-8-19-13(21)7-9-20(17(19)22)16-15-14(25-18(3,4)26-15)12(24-16)11-23-10-6-2/h5-7,9,12,14-16H,1-2,8,10-11H2,3-4H3/t12-,14-,15-,16-/m1/s1. The molecule has 0 amide bonds. The Kier molecular flexibility index (Phi) is 5.29. The highest BCUT2D eigenvalue weighted by atomic mass is 16.8. The van der Waals surface area contributed by atoms with Crippen LogP contribution in [0.3, 0.4) is 0 Å². The molecule has 0 radical (unpaired) electrons. The highest BCUT2D eigenvalue weighted by molar-refractivity contribution is 4.99. The molecule has 26 heavy (non-hydrogen) atoms. The summed E-state index contributed by atoms with van der Waals surface area (Å²) in [6, 6.07) is 1.33. The van der Waals surface area contributed by atoms with E-state index in [4.69, 9.17) is 18.9 Å². The summed E-state index contributed by atoms with van der Waals surface area (Å²) in [6.45, 7) is 11.6. The zero-order valence-corrected chi connectivity index (χ0v) is 15.0. The van der Waals surface area contributed by atoms with E-state index in [0.717, 1.165) is 4.57 Å². The highest BCUT2D eigenvalue weighted by Crippen LogP contribution is 2.42. The van der Waals surface area contributed by atoms with Gasteiger partial charge in [-0.3, -0.25) is 13.9 Å². The zero-order valence-electron chi connectivity index (χ0n) is 15.0. The first kappa shape index (κ1) is 18.8. The molecule has 1 aromatic rings. The van der Waals surface area contributed by atoms with Crippen molar-refractivity contribution in [1.29, 1.82) is 0 Å². The molecule has 0 unspecified atom stereocenters. The summed E-state index contributed by atoms with van der Waals surface area (Å²) in [5, 5.41) is 0. The first-order chi connectivity index (χ1) is 12.4. The van der Waals surface area contributed by atoms with Crippen molar-refractivity contribution in [2.45, 2.75) is 50.7 Å². The molecule has 2 aliphatic heterocycles. The average molecular weight is 364 g/mol.